The van der Waals surface area contributed by atoms with Gasteiger partial charge in [-0.2, -0.15) is 0 Å². The maximum atomic E-state index is 12.5. The Morgan fingerprint density at radius 2 is 1.79 bits per heavy atom. The number of hydrogen-bond donors (Lipinski definition) is 1. The van der Waals surface area contributed by atoms with E-state index in [-0.39, 0.29) is 24.5 Å². The van der Waals surface area contributed by atoms with Crippen molar-refractivity contribution in [1.29, 1.82) is 0 Å². The Morgan fingerprint density at radius 1 is 1.21 bits per heavy atom. The van der Waals surface area contributed by atoms with Gasteiger partial charge in [0, 0.05) is 13.3 Å². The fourth-order valence-electron chi connectivity index (χ4n) is 2.59. The molecule has 5 heteroatoms. The number of hydrogen-bond acceptors (Lipinski definition) is 4. The molecule has 0 aromatic heterocycles. The van der Waals surface area contributed by atoms with Crippen molar-refractivity contribution in [2.75, 3.05) is 13.8 Å². The molecule has 1 aliphatic heterocycles. The normalized spacial score (nSPS) is 16.7. The Balaban J connectivity index is 2.45. The molecule has 0 radical (unpaired) electrons. The summed E-state index contributed by atoms with van der Waals surface area (Å²) in [4.78, 5) is 14.7. The number of carbonyl (C=O) groups is 1. The predicted octanol–water partition coefficient (Wildman–Crippen LogP) is 4.63. The smallest absolute Gasteiger partial charge is 0.266 e. The lowest BCUT2D eigenvalue weighted by Crippen LogP contribution is -2.29. The first-order chi connectivity index (χ1) is 11.3. The van der Waals surface area contributed by atoms with E-state index >= 15 is 0 Å². The van der Waals surface area contributed by atoms with Gasteiger partial charge in [0.05, 0.1) is 4.91 Å². The quantitative estimate of drug-likeness (QED) is 0.789. The molecule has 0 saturated heterocycles. The molecule has 24 heavy (non-hydrogen) atoms. The van der Waals surface area contributed by atoms with Crippen LogP contribution >= 0.6 is 11.8 Å². The predicted molar refractivity (Wildman–Crippen MR) is 99.7 cm³/mol. The second-order valence-electron chi connectivity index (χ2n) is 6.46. The first-order valence-corrected chi connectivity index (χ1v) is 8.94. The van der Waals surface area contributed by atoms with E-state index in [9.17, 15) is 9.90 Å². The first-order valence-electron chi connectivity index (χ1n) is 8.06. The van der Waals surface area contributed by atoms with Gasteiger partial charge in [-0.1, -0.05) is 39.5 Å². The van der Waals surface area contributed by atoms with E-state index in [1.54, 1.807) is 13.3 Å². The van der Waals surface area contributed by atoms with Gasteiger partial charge in [-0.3, -0.25) is 9.69 Å². The highest BCUT2D eigenvalue weighted by atomic mass is 32.2. The van der Waals surface area contributed by atoms with Crippen molar-refractivity contribution in [2.24, 2.45) is 0 Å². The van der Waals surface area contributed by atoms with Crippen LogP contribution in [-0.4, -0.2) is 29.8 Å². The van der Waals surface area contributed by atoms with Gasteiger partial charge in [0.2, 0.25) is 0 Å². The lowest BCUT2D eigenvalue weighted by molar-refractivity contribution is -0.127. The Hall–Kier alpha value is -1.72. The van der Waals surface area contributed by atoms with Crippen LogP contribution < -0.4 is 0 Å². The van der Waals surface area contributed by atoms with Crippen molar-refractivity contribution in [3.63, 3.8) is 0 Å². The minimum absolute atomic E-state index is 0.0744. The average Bonchev–Trinajstić information content (AvgIpc) is 2.52. The highest BCUT2D eigenvalue weighted by Crippen LogP contribution is 2.36. The monoisotopic (exact) mass is 347 g/mol. The maximum absolute atomic E-state index is 12.5. The number of methoxy groups -OCH3 is 1. The number of carbonyl (C=O) groups excluding carboxylic acids is 1. The minimum Gasteiger partial charge on any atom is -0.507 e. The maximum Gasteiger partial charge on any atom is 0.266 e. The molecule has 1 heterocycles. The summed E-state index contributed by atoms with van der Waals surface area (Å²) in [7, 11) is 1.57. The Kier molecular flexibility index (Phi) is 6.13. The van der Waals surface area contributed by atoms with Gasteiger partial charge in [0.1, 0.15) is 12.5 Å². The average molecular weight is 347 g/mol. The molecule has 1 aromatic carbocycles. The van der Waals surface area contributed by atoms with Crippen LogP contribution in [0.1, 0.15) is 56.2 Å². The summed E-state index contributed by atoms with van der Waals surface area (Å²) in [6.45, 7) is 8.45. The first kappa shape index (κ1) is 18.6. The van der Waals surface area contributed by atoms with Crippen LogP contribution in [0.2, 0.25) is 0 Å². The third kappa shape index (κ3) is 4.02. The molecule has 0 saturated carbocycles. The fraction of sp³-hybridized carbons (Fsp3) is 0.421. The number of nitrogens with zero attached hydrogens (tertiary/aromatic N) is 1. The SMILES string of the molecule is COCN1C=CSC(=Cc2cc(C(C)C)c(O)c(C(C)C)c2)C1=O. The largest absolute Gasteiger partial charge is 0.507 e. The summed E-state index contributed by atoms with van der Waals surface area (Å²) in [6, 6.07) is 3.93. The van der Waals surface area contributed by atoms with Gasteiger partial charge in [0.25, 0.3) is 5.91 Å². The molecule has 0 aliphatic carbocycles. The molecule has 0 bridgehead atoms. The van der Waals surface area contributed by atoms with E-state index in [1.807, 2.05) is 23.6 Å². The third-order valence-electron chi connectivity index (χ3n) is 3.91. The van der Waals surface area contributed by atoms with Crippen molar-refractivity contribution in [3.05, 3.63) is 45.3 Å². The zero-order valence-electron chi connectivity index (χ0n) is 14.9. The summed E-state index contributed by atoms with van der Waals surface area (Å²) >= 11 is 1.40. The summed E-state index contributed by atoms with van der Waals surface area (Å²) in [5.41, 5.74) is 2.75. The number of rotatable bonds is 5. The molecular formula is C19H25NO3S. The number of ether oxygens (including phenoxy) is 1. The lowest BCUT2D eigenvalue weighted by Gasteiger charge is -2.22. The molecule has 1 aromatic rings. The highest BCUT2D eigenvalue weighted by Gasteiger charge is 2.21. The number of benzene rings is 1. The van der Waals surface area contributed by atoms with Crippen LogP contribution in [0.15, 0.2) is 28.6 Å². The van der Waals surface area contributed by atoms with E-state index in [1.165, 1.54) is 16.7 Å². The van der Waals surface area contributed by atoms with Gasteiger partial charge in [0.15, 0.2) is 0 Å². The van der Waals surface area contributed by atoms with E-state index in [0.717, 1.165) is 16.7 Å². The van der Waals surface area contributed by atoms with Gasteiger partial charge in [-0.15, -0.1) is 0 Å². The molecule has 1 N–H and O–H groups in total. The van der Waals surface area contributed by atoms with Crippen LogP contribution in [0, 0.1) is 0 Å². The second-order valence-corrected chi connectivity index (χ2v) is 7.41. The zero-order valence-corrected chi connectivity index (χ0v) is 15.7. The van der Waals surface area contributed by atoms with Crippen molar-refractivity contribution in [3.8, 4) is 5.75 Å². The van der Waals surface area contributed by atoms with Crippen LogP contribution in [-0.2, 0) is 9.53 Å². The van der Waals surface area contributed by atoms with Crippen molar-refractivity contribution in [2.45, 2.75) is 39.5 Å². The molecule has 0 spiro atoms. The third-order valence-corrected chi connectivity index (χ3v) is 4.71. The summed E-state index contributed by atoms with van der Waals surface area (Å²) < 4.78 is 5.05. The lowest BCUT2D eigenvalue weighted by atomic mass is 9.91. The number of aromatic hydroxyl groups is 1. The second kappa shape index (κ2) is 7.90. The molecule has 0 fully saturated rings. The Labute approximate surface area is 148 Å². The van der Waals surface area contributed by atoms with Crippen molar-refractivity contribution < 1.29 is 14.6 Å². The molecule has 2 rings (SSSR count). The van der Waals surface area contributed by atoms with Gasteiger partial charge in [-0.25, -0.2) is 0 Å². The molecule has 1 amide bonds. The molecular weight excluding hydrogens is 322 g/mol. The topological polar surface area (TPSA) is 49.8 Å². The van der Waals surface area contributed by atoms with Crippen LogP contribution in [0.25, 0.3) is 6.08 Å². The number of phenols is 1. The number of thioether (sulfide) groups is 1. The van der Waals surface area contributed by atoms with Crippen molar-refractivity contribution >= 4 is 23.7 Å². The Bertz CT molecular complexity index is 648. The van der Waals surface area contributed by atoms with E-state index < -0.39 is 0 Å². The van der Waals surface area contributed by atoms with Crippen LogP contribution in [0.5, 0.6) is 5.75 Å². The fourth-order valence-corrected chi connectivity index (χ4v) is 3.37. The molecule has 0 unspecified atom stereocenters. The van der Waals surface area contributed by atoms with Crippen LogP contribution in [0.3, 0.4) is 0 Å². The molecule has 1 aliphatic rings. The van der Waals surface area contributed by atoms with Gasteiger partial charge < -0.3 is 9.84 Å². The minimum atomic E-state index is -0.0744. The van der Waals surface area contributed by atoms with Crippen molar-refractivity contribution in [1.82, 2.24) is 4.90 Å². The summed E-state index contributed by atoms with van der Waals surface area (Å²) in [5.74, 6) is 0.709. The molecule has 0 atom stereocenters. The van der Waals surface area contributed by atoms with Gasteiger partial charge >= 0.3 is 0 Å². The standard InChI is InChI=1S/C19H25NO3S/c1-12(2)15-8-14(9-16(13(3)4)18(15)21)10-17-19(22)20(11-23-5)6-7-24-17/h6-10,12-13,21H,11H2,1-5H3. The Morgan fingerprint density at radius 3 is 2.29 bits per heavy atom. The highest BCUT2D eigenvalue weighted by molar-refractivity contribution is 8.06. The number of amides is 1. The van der Waals surface area contributed by atoms with E-state index in [2.05, 4.69) is 27.7 Å². The van der Waals surface area contributed by atoms with E-state index in [4.69, 9.17) is 4.74 Å². The van der Waals surface area contributed by atoms with Crippen LogP contribution in [0.4, 0.5) is 0 Å². The summed E-state index contributed by atoms with van der Waals surface area (Å²) in [5, 5.41) is 12.4. The zero-order chi connectivity index (χ0) is 17.9. The number of phenolic OH excluding ortho intramolecular Hbond substituents is 1. The van der Waals surface area contributed by atoms with E-state index in [0.29, 0.717) is 10.7 Å². The molecule has 4 nitrogen and oxygen atoms in total. The van der Waals surface area contributed by atoms with Gasteiger partial charge in [-0.05, 0) is 52.1 Å². The molecule has 130 valence electrons. The summed E-state index contributed by atoms with van der Waals surface area (Å²) in [6.07, 6.45) is 3.61.